The van der Waals surface area contributed by atoms with E-state index in [-0.39, 0.29) is 40.0 Å². The lowest BCUT2D eigenvalue weighted by atomic mass is 10.1. The normalized spacial score (nSPS) is 17.2. The van der Waals surface area contributed by atoms with E-state index in [1.807, 2.05) is 11.8 Å². The minimum atomic E-state index is -5.93. The van der Waals surface area contributed by atoms with Crippen LogP contribution in [-0.4, -0.2) is 85.9 Å². The van der Waals surface area contributed by atoms with Crippen LogP contribution in [0.3, 0.4) is 0 Å². The van der Waals surface area contributed by atoms with Crippen molar-refractivity contribution in [3.8, 4) is 5.75 Å². The highest BCUT2D eigenvalue weighted by Crippen LogP contribution is 2.70. The van der Waals surface area contributed by atoms with E-state index in [2.05, 4.69) is 19.8 Å². The number of aromatic nitrogens is 2. The molecule has 1 atom stereocenters. The first-order valence-electron chi connectivity index (χ1n) is 14.5. The number of halogens is 1. The van der Waals surface area contributed by atoms with Gasteiger partial charge in [0.25, 0.3) is 0 Å². The van der Waals surface area contributed by atoms with Crippen LogP contribution in [0.25, 0.3) is 10.9 Å². The monoisotopic (exact) mass is 714 g/mol. The summed E-state index contributed by atoms with van der Waals surface area (Å²) in [6.45, 7) is 2.22. The number of methoxy groups -OCH3 is 1. The molecule has 5 rings (SSSR count). The lowest BCUT2D eigenvalue weighted by molar-refractivity contribution is -0.0412. The number of nitrogens with zero attached hydrogens (tertiary/aromatic N) is 3. The highest BCUT2D eigenvalue weighted by molar-refractivity contribution is 7.72. The molecule has 0 spiro atoms. The molecule has 3 heterocycles. The third-order valence-electron chi connectivity index (χ3n) is 7.93. The number of anilines is 1. The van der Waals surface area contributed by atoms with E-state index in [1.165, 1.54) is 31.6 Å². The molecule has 2 aliphatic rings. The molecule has 0 bridgehead atoms. The number of hydrogen-bond acceptors (Lipinski definition) is 12. The van der Waals surface area contributed by atoms with E-state index in [4.69, 9.17) is 9.47 Å². The van der Waals surface area contributed by atoms with Gasteiger partial charge in [-0.2, -0.15) is 0 Å². The molecule has 1 aromatic carbocycles. The predicted molar refractivity (Wildman–Crippen MR) is 165 cm³/mol. The van der Waals surface area contributed by atoms with Crippen LogP contribution in [0.2, 0.25) is 0 Å². The van der Waals surface area contributed by atoms with Gasteiger partial charge in [0.05, 0.1) is 18.0 Å². The van der Waals surface area contributed by atoms with Crippen molar-refractivity contribution < 1.29 is 61.6 Å². The van der Waals surface area contributed by atoms with Gasteiger partial charge in [0.2, 0.25) is 12.2 Å². The Hall–Kier alpha value is -3.89. The summed E-state index contributed by atoms with van der Waals surface area (Å²) >= 11 is 0. The van der Waals surface area contributed by atoms with Crippen molar-refractivity contribution in [3.63, 3.8) is 0 Å². The van der Waals surface area contributed by atoms with E-state index < -0.39 is 62.4 Å². The van der Waals surface area contributed by atoms with Gasteiger partial charge in [0, 0.05) is 56.7 Å². The van der Waals surface area contributed by atoms with Crippen LogP contribution in [0, 0.1) is 5.82 Å². The molecule has 2 aromatic heterocycles. The van der Waals surface area contributed by atoms with E-state index >= 15 is 4.39 Å². The van der Waals surface area contributed by atoms with Crippen molar-refractivity contribution in [2.75, 3.05) is 38.4 Å². The largest absolute Gasteiger partial charge is 0.513 e. The average Bonchev–Trinajstić information content (AvgIpc) is 3.85. The number of benzene rings is 1. The van der Waals surface area contributed by atoms with Gasteiger partial charge in [-0.05, 0) is 37.5 Å². The zero-order valence-corrected chi connectivity index (χ0v) is 27.4. The van der Waals surface area contributed by atoms with Crippen LogP contribution in [0.4, 0.5) is 14.9 Å². The number of piperazine rings is 1. The zero-order chi connectivity index (χ0) is 35.0. The number of pyridine rings is 2. The Labute approximate surface area is 271 Å². The molecular formula is C28H33FN4O13P2. The first-order chi connectivity index (χ1) is 22.6. The molecule has 5 N–H and O–H groups in total. The highest BCUT2D eigenvalue weighted by atomic mass is 31.2. The van der Waals surface area contributed by atoms with Crippen LogP contribution < -0.4 is 20.4 Å². The maximum Gasteiger partial charge on any atom is 0.513 e. The first kappa shape index (κ1) is 35.4. The lowest BCUT2D eigenvalue weighted by Gasteiger charge is -2.35. The highest BCUT2D eigenvalue weighted by Gasteiger charge is 2.64. The molecule has 260 valence electrons. The molecule has 1 saturated carbocycles. The van der Waals surface area contributed by atoms with E-state index in [0.29, 0.717) is 32.5 Å². The van der Waals surface area contributed by atoms with Crippen LogP contribution in [-0.2, 0) is 29.8 Å². The summed E-state index contributed by atoms with van der Waals surface area (Å²) in [6, 6.07) is 3.49. The van der Waals surface area contributed by atoms with Gasteiger partial charge in [-0.3, -0.25) is 18.9 Å². The third-order valence-corrected chi connectivity index (χ3v) is 11.8. The van der Waals surface area contributed by atoms with Gasteiger partial charge in [-0.25, -0.2) is 14.0 Å². The van der Waals surface area contributed by atoms with Crippen molar-refractivity contribution in [1.29, 1.82) is 0 Å². The Balaban J connectivity index is 1.39. The molecule has 1 aliphatic carbocycles. The van der Waals surface area contributed by atoms with Crippen LogP contribution in [0.1, 0.15) is 41.7 Å². The fourth-order valence-electron chi connectivity index (χ4n) is 5.52. The van der Waals surface area contributed by atoms with Gasteiger partial charge < -0.3 is 53.3 Å². The number of carbonyl (C=O) groups excluding carboxylic acids is 2. The van der Waals surface area contributed by atoms with Gasteiger partial charge in [0.1, 0.15) is 11.3 Å². The molecule has 3 aromatic rings. The SMILES string of the molecule is COc1c(N2CCNC(C)C2)c(F)cc2c(=O)c(C(=O)OCOC(=O)OC(Cc3cccnc3)(P(=O)(O)O)P(=O)(O)O)cn(C3CC3)c12. The van der Waals surface area contributed by atoms with E-state index in [9.17, 15) is 43.1 Å². The number of ether oxygens (including phenoxy) is 4. The van der Waals surface area contributed by atoms with Crippen molar-refractivity contribution in [3.05, 3.63) is 64.0 Å². The predicted octanol–water partition coefficient (Wildman–Crippen LogP) is 2.20. The molecule has 1 unspecified atom stereocenters. The quantitative estimate of drug-likeness (QED) is 0.109. The smallest absolute Gasteiger partial charge is 0.492 e. The Morgan fingerprint density at radius 1 is 1.17 bits per heavy atom. The Morgan fingerprint density at radius 2 is 1.88 bits per heavy atom. The topological polar surface area (TPSA) is 236 Å². The van der Waals surface area contributed by atoms with Crippen molar-refractivity contribution in [1.82, 2.24) is 14.9 Å². The van der Waals surface area contributed by atoms with Crippen molar-refractivity contribution >= 4 is 43.9 Å². The zero-order valence-electron chi connectivity index (χ0n) is 25.6. The maximum atomic E-state index is 15.7. The lowest BCUT2D eigenvalue weighted by Crippen LogP contribution is -2.49. The molecular weight excluding hydrogens is 681 g/mol. The Bertz CT molecular complexity index is 1850. The molecule has 17 nitrogen and oxygen atoms in total. The number of rotatable bonds is 11. The second-order valence-electron chi connectivity index (χ2n) is 11.4. The summed E-state index contributed by atoms with van der Waals surface area (Å²) < 4.78 is 61.6. The fourth-order valence-corrected chi connectivity index (χ4v) is 8.05. The summed E-state index contributed by atoms with van der Waals surface area (Å²) in [5, 5.41) is -0.589. The van der Waals surface area contributed by atoms with Gasteiger partial charge in [0.15, 0.2) is 11.6 Å². The van der Waals surface area contributed by atoms with Crippen LogP contribution in [0.15, 0.2) is 41.6 Å². The minimum absolute atomic E-state index is 0.0620. The summed E-state index contributed by atoms with van der Waals surface area (Å²) in [5.41, 5.74) is -1.10. The first-order valence-corrected chi connectivity index (χ1v) is 17.8. The molecule has 1 aliphatic heterocycles. The Kier molecular flexibility index (Phi) is 10.00. The summed E-state index contributed by atoms with van der Waals surface area (Å²) in [5.74, 6) is -1.93. The van der Waals surface area contributed by atoms with E-state index in [1.54, 1.807) is 4.57 Å². The molecule has 0 amide bonds. The Morgan fingerprint density at radius 3 is 2.46 bits per heavy atom. The number of nitrogens with one attached hydrogen (secondary N) is 1. The maximum absolute atomic E-state index is 15.7. The second-order valence-corrected chi connectivity index (χ2v) is 15.3. The van der Waals surface area contributed by atoms with Crippen LogP contribution >= 0.6 is 15.2 Å². The standard InChI is InChI=1S/C28H33FN4O13P2/c1-16-13-32(9-8-31-16)23-21(29)10-19-22(25(23)43-2)33(18-5-6-18)14-20(24(19)34)26(35)44-15-45-27(36)46-28(47(37,38)39,48(40,41)42)11-17-4-3-7-30-12-17/h3-4,7,10,12,14,16,18,31H,5-6,8-9,11,13,15H2,1-2H3,(H2,37,38,39)(H2,40,41,42). The molecule has 48 heavy (non-hydrogen) atoms. The van der Waals surface area contributed by atoms with Crippen LogP contribution in [0.5, 0.6) is 5.75 Å². The van der Waals surface area contributed by atoms with E-state index in [0.717, 1.165) is 12.3 Å². The van der Waals surface area contributed by atoms with Gasteiger partial charge in [-0.15, -0.1) is 0 Å². The van der Waals surface area contributed by atoms with Crippen molar-refractivity contribution in [2.45, 2.75) is 43.4 Å². The number of fused-ring (bicyclic) bond motifs is 1. The summed E-state index contributed by atoms with van der Waals surface area (Å²) in [6.07, 6.45) is 1.79. The minimum Gasteiger partial charge on any atom is -0.492 e. The average molecular weight is 715 g/mol. The molecule has 2 fully saturated rings. The fraction of sp³-hybridized carbons (Fsp3) is 0.429. The molecule has 20 heteroatoms. The molecule has 0 radical (unpaired) electrons. The number of hydrogen-bond donors (Lipinski definition) is 5. The third kappa shape index (κ3) is 6.96. The van der Waals surface area contributed by atoms with Crippen molar-refractivity contribution in [2.24, 2.45) is 0 Å². The summed E-state index contributed by atoms with van der Waals surface area (Å²) in [7, 11) is -10.5. The number of carbonyl (C=O) groups is 2. The number of esters is 1. The molecule has 1 saturated heterocycles. The summed E-state index contributed by atoms with van der Waals surface area (Å²) in [4.78, 5) is 84.2. The van der Waals surface area contributed by atoms with Gasteiger partial charge >= 0.3 is 32.4 Å². The second kappa shape index (κ2) is 13.6. The van der Waals surface area contributed by atoms with Gasteiger partial charge in [-0.1, -0.05) is 6.07 Å².